The topological polar surface area (TPSA) is 75.4 Å². The summed E-state index contributed by atoms with van der Waals surface area (Å²) >= 11 is 0. The van der Waals surface area contributed by atoms with Crippen LogP contribution in [0.1, 0.15) is 53.5 Å². The Morgan fingerprint density at radius 3 is 2.46 bits per heavy atom. The highest BCUT2D eigenvalue weighted by atomic mass is 16.2. The van der Waals surface area contributed by atoms with Crippen LogP contribution in [-0.2, 0) is 12.8 Å². The Labute approximate surface area is 166 Å². The van der Waals surface area contributed by atoms with E-state index in [-0.39, 0.29) is 17.8 Å². The molecule has 148 valence electrons. The Morgan fingerprint density at radius 1 is 1.07 bits per heavy atom. The molecule has 2 aliphatic rings. The fraction of sp³-hybridized carbons (Fsp3) is 0.500. The van der Waals surface area contributed by atoms with Crippen LogP contribution in [0, 0.1) is 0 Å². The minimum absolute atomic E-state index is 0.0347. The molecule has 1 fully saturated rings. The highest BCUT2D eigenvalue weighted by molar-refractivity contribution is 5.92. The number of carbonyl (C=O) groups excluding carboxylic acids is 1. The lowest BCUT2D eigenvalue weighted by atomic mass is 10.1. The molecule has 1 saturated heterocycles. The van der Waals surface area contributed by atoms with Gasteiger partial charge in [-0.25, -0.2) is 9.97 Å². The van der Waals surface area contributed by atoms with E-state index < -0.39 is 0 Å². The number of hydrogen-bond acceptors (Lipinski definition) is 5. The zero-order valence-corrected chi connectivity index (χ0v) is 16.8. The van der Waals surface area contributed by atoms with E-state index in [0.29, 0.717) is 11.7 Å². The maximum Gasteiger partial charge on any atom is 0.272 e. The van der Waals surface area contributed by atoms with Gasteiger partial charge in [-0.05, 0) is 42.4 Å². The molecule has 6 heteroatoms. The number of hydrogen-bond donors (Lipinski definition) is 1. The number of fused-ring (bicyclic) bond motifs is 1. The van der Waals surface area contributed by atoms with Gasteiger partial charge in [0.1, 0.15) is 5.69 Å². The van der Waals surface area contributed by atoms with Crippen LogP contribution < -0.4 is 5.73 Å². The molecule has 4 rings (SSSR count). The number of nitrogen functional groups attached to an aromatic ring is 1. The van der Waals surface area contributed by atoms with Crippen LogP contribution in [0.5, 0.6) is 0 Å². The SMILES string of the molecule is CC(C)c1cc(C(=O)N2CCCN(C3Cc4ccccc4C3)CC2)nc(N)n1. The van der Waals surface area contributed by atoms with Gasteiger partial charge in [0.25, 0.3) is 5.91 Å². The summed E-state index contributed by atoms with van der Waals surface area (Å²) in [6.07, 6.45) is 3.21. The van der Waals surface area contributed by atoms with E-state index in [1.54, 1.807) is 6.07 Å². The number of amides is 1. The Kier molecular flexibility index (Phi) is 5.31. The first-order chi connectivity index (χ1) is 13.5. The van der Waals surface area contributed by atoms with Crippen molar-refractivity contribution in [2.24, 2.45) is 0 Å². The van der Waals surface area contributed by atoms with Crippen molar-refractivity contribution in [3.8, 4) is 0 Å². The monoisotopic (exact) mass is 379 g/mol. The second kappa shape index (κ2) is 7.87. The molecule has 2 N–H and O–H groups in total. The summed E-state index contributed by atoms with van der Waals surface area (Å²) < 4.78 is 0. The summed E-state index contributed by atoms with van der Waals surface area (Å²) in [5.41, 5.74) is 10.0. The van der Waals surface area contributed by atoms with E-state index >= 15 is 0 Å². The second-order valence-corrected chi connectivity index (χ2v) is 8.20. The van der Waals surface area contributed by atoms with Crippen LogP contribution in [0.15, 0.2) is 30.3 Å². The summed E-state index contributed by atoms with van der Waals surface area (Å²) in [7, 11) is 0. The summed E-state index contributed by atoms with van der Waals surface area (Å²) in [6, 6.07) is 11.1. The Bertz CT molecular complexity index is 841. The van der Waals surface area contributed by atoms with Gasteiger partial charge in [-0.3, -0.25) is 9.69 Å². The highest BCUT2D eigenvalue weighted by Crippen LogP contribution is 2.26. The van der Waals surface area contributed by atoms with Crippen molar-refractivity contribution in [2.45, 2.75) is 45.1 Å². The smallest absolute Gasteiger partial charge is 0.272 e. The van der Waals surface area contributed by atoms with Crippen LogP contribution in [-0.4, -0.2) is 57.9 Å². The zero-order valence-electron chi connectivity index (χ0n) is 16.8. The summed E-state index contributed by atoms with van der Waals surface area (Å²) in [5, 5.41) is 0. The predicted molar refractivity (Wildman–Crippen MR) is 110 cm³/mol. The van der Waals surface area contributed by atoms with Crippen molar-refractivity contribution < 1.29 is 4.79 Å². The fourth-order valence-electron chi connectivity index (χ4n) is 4.35. The molecule has 2 heterocycles. The van der Waals surface area contributed by atoms with Crippen molar-refractivity contribution in [1.82, 2.24) is 19.8 Å². The highest BCUT2D eigenvalue weighted by Gasteiger charge is 2.29. The predicted octanol–water partition coefficient (Wildman–Crippen LogP) is 2.50. The quantitative estimate of drug-likeness (QED) is 0.887. The average Bonchev–Trinajstić information content (AvgIpc) is 2.96. The fourth-order valence-corrected chi connectivity index (χ4v) is 4.35. The van der Waals surface area contributed by atoms with E-state index in [2.05, 4.69) is 39.1 Å². The van der Waals surface area contributed by atoms with Crippen LogP contribution >= 0.6 is 0 Å². The number of anilines is 1. The molecule has 0 spiro atoms. The van der Waals surface area contributed by atoms with Gasteiger partial charge >= 0.3 is 0 Å². The molecular formula is C22H29N5O. The van der Waals surface area contributed by atoms with Crippen LogP contribution in [0.2, 0.25) is 0 Å². The molecule has 0 atom stereocenters. The summed E-state index contributed by atoms with van der Waals surface area (Å²) in [5.74, 6) is 0.350. The van der Waals surface area contributed by atoms with Gasteiger partial charge in [0.2, 0.25) is 5.95 Å². The molecule has 1 aliphatic carbocycles. The van der Waals surface area contributed by atoms with Crippen molar-refractivity contribution in [3.63, 3.8) is 0 Å². The Morgan fingerprint density at radius 2 is 1.79 bits per heavy atom. The molecule has 0 saturated carbocycles. The Balaban J connectivity index is 1.43. The lowest BCUT2D eigenvalue weighted by Gasteiger charge is -2.27. The molecule has 1 amide bonds. The molecule has 0 bridgehead atoms. The molecule has 28 heavy (non-hydrogen) atoms. The molecule has 0 radical (unpaired) electrons. The van der Waals surface area contributed by atoms with Crippen LogP contribution in [0.4, 0.5) is 5.95 Å². The van der Waals surface area contributed by atoms with E-state index in [9.17, 15) is 4.79 Å². The zero-order chi connectivity index (χ0) is 19.7. The van der Waals surface area contributed by atoms with Gasteiger partial charge < -0.3 is 10.6 Å². The van der Waals surface area contributed by atoms with Gasteiger partial charge in [0.15, 0.2) is 0 Å². The summed E-state index contributed by atoms with van der Waals surface area (Å²) in [6.45, 7) is 7.51. The average molecular weight is 380 g/mol. The number of nitrogens with two attached hydrogens (primary N) is 1. The Hall–Kier alpha value is -2.47. The standard InChI is InChI=1S/C22H29N5O/c1-15(2)19-14-20(25-22(23)24-19)21(28)27-9-5-8-26(10-11-27)18-12-16-6-3-4-7-17(16)13-18/h3-4,6-7,14-15,18H,5,8-13H2,1-2H3,(H2,23,24,25). The molecule has 2 aromatic rings. The number of aromatic nitrogens is 2. The largest absolute Gasteiger partial charge is 0.368 e. The minimum atomic E-state index is -0.0347. The van der Waals surface area contributed by atoms with Crippen molar-refractivity contribution in [1.29, 1.82) is 0 Å². The van der Waals surface area contributed by atoms with Crippen molar-refractivity contribution >= 4 is 11.9 Å². The van der Waals surface area contributed by atoms with E-state index in [1.807, 2.05) is 18.7 Å². The third-order valence-electron chi connectivity index (χ3n) is 5.94. The molecule has 1 aromatic carbocycles. The molecular weight excluding hydrogens is 350 g/mol. The number of benzene rings is 1. The van der Waals surface area contributed by atoms with Gasteiger partial charge in [-0.2, -0.15) is 0 Å². The number of rotatable bonds is 3. The van der Waals surface area contributed by atoms with Crippen LogP contribution in [0.3, 0.4) is 0 Å². The maximum atomic E-state index is 13.0. The van der Waals surface area contributed by atoms with E-state index in [4.69, 9.17) is 5.73 Å². The van der Waals surface area contributed by atoms with Crippen molar-refractivity contribution in [3.05, 3.63) is 52.8 Å². The first-order valence-corrected chi connectivity index (χ1v) is 10.3. The van der Waals surface area contributed by atoms with Gasteiger partial charge in [-0.15, -0.1) is 0 Å². The minimum Gasteiger partial charge on any atom is -0.368 e. The summed E-state index contributed by atoms with van der Waals surface area (Å²) in [4.78, 5) is 26.0. The first-order valence-electron chi connectivity index (χ1n) is 10.3. The number of nitrogens with zero attached hydrogens (tertiary/aromatic N) is 4. The van der Waals surface area contributed by atoms with Crippen molar-refractivity contribution in [2.75, 3.05) is 31.9 Å². The van der Waals surface area contributed by atoms with Gasteiger partial charge in [0, 0.05) is 37.9 Å². The maximum absolute atomic E-state index is 13.0. The normalized spacial score (nSPS) is 18.3. The van der Waals surface area contributed by atoms with Gasteiger partial charge in [0.05, 0.1) is 0 Å². The van der Waals surface area contributed by atoms with E-state index in [0.717, 1.165) is 51.1 Å². The third kappa shape index (κ3) is 3.87. The first kappa shape index (κ1) is 18.9. The van der Waals surface area contributed by atoms with E-state index in [1.165, 1.54) is 11.1 Å². The van der Waals surface area contributed by atoms with Crippen LogP contribution in [0.25, 0.3) is 0 Å². The molecule has 0 unspecified atom stereocenters. The lowest BCUT2D eigenvalue weighted by molar-refractivity contribution is 0.0752. The molecule has 1 aromatic heterocycles. The van der Waals surface area contributed by atoms with Gasteiger partial charge in [-0.1, -0.05) is 38.1 Å². The third-order valence-corrected chi connectivity index (χ3v) is 5.94. The number of carbonyl (C=O) groups is 1. The lowest BCUT2D eigenvalue weighted by Crippen LogP contribution is -2.40. The molecule has 6 nitrogen and oxygen atoms in total. The second-order valence-electron chi connectivity index (χ2n) is 8.20. The molecule has 1 aliphatic heterocycles.